The molecule has 0 aromatic heterocycles. The third kappa shape index (κ3) is 5.61. The third-order valence-electron chi connectivity index (χ3n) is 4.42. The van der Waals surface area contributed by atoms with Gasteiger partial charge < -0.3 is 15.3 Å². The molecule has 1 aliphatic rings. The van der Waals surface area contributed by atoms with E-state index in [1.54, 1.807) is 0 Å². The Labute approximate surface area is 139 Å². The van der Waals surface area contributed by atoms with E-state index in [4.69, 9.17) is 0 Å². The molecule has 0 bridgehead atoms. The first-order chi connectivity index (χ1) is 10.9. The summed E-state index contributed by atoms with van der Waals surface area (Å²) in [5, 5.41) is 13.2. The number of rotatable bonds is 6. The molecular weight excluding hydrogens is 290 g/mol. The van der Waals surface area contributed by atoms with Crippen LogP contribution in [0.4, 0.5) is 0 Å². The first-order valence-corrected chi connectivity index (χ1v) is 8.30. The second-order valence-electron chi connectivity index (χ2n) is 7.01. The van der Waals surface area contributed by atoms with Crippen LogP contribution in [0.5, 0.6) is 0 Å². The van der Waals surface area contributed by atoms with E-state index in [1.807, 2.05) is 44.1 Å². The van der Waals surface area contributed by atoms with Gasteiger partial charge in [0, 0.05) is 13.1 Å². The highest BCUT2D eigenvalue weighted by Crippen LogP contribution is 2.20. The third-order valence-corrected chi connectivity index (χ3v) is 4.42. The molecule has 23 heavy (non-hydrogen) atoms. The Balaban J connectivity index is 1.85. The Kier molecular flexibility index (Phi) is 6.16. The maximum Gasteiger partial charge on any atom is 0.234 e. The van der Waals surface area contributed by atoms with Crippen molar-refractivity contribution in [2.75, 3.05) is 40.3 Å². The van der Waals surface area contributed by atoms with Gasteiger partial charge in [0.1, 0.15) is 0 Å². The molecule has 2 rings (SSSR count). The van der Waals surface area contributed by atoms with E-state index in [2.05, 4.69) is 22.3 Å². The maximum atomic E-state index is 12.2. The van der Waals surface area contributed by atoms with E-state index < -0.39 is 5.60 Å². The van der Waals surface area contributed by atoms with Crippen molar-refractivity contribution >= 4 is 5.91 Å². The average molecular weight is 319 g/mol. The zero-order valence-corrected chi connectivity index (χ0v) is 14.5. The average Bonchev–Trinajstić information content (AvgIpc) is 2.47. The topological polar surface area (TPSA) is 55.8 Å². The van der Waals surface area contributed by atoms with Gasteiger partial charge in [-0.15, -0.1) is 0 Å². The standard InChI is InChI=1S/C18H29N3O2/c1-18(23)10-7-11-21(14-18)13-17(22)19-12-16(20(2)3)15-8-5-4-6-9-15/h4-6,8-9,16,23H,7,10-14H2,1-3H3,(H,19,22). The first kappa shape index (κ1) is 17.9. The van der Waals surface area contributed by atoms with Crippen molar-refractivity contribution in [3.05, 3.63) is 35.9 Å². The number of β-amino-alcohol motifs (C(OH)–C–C–N with tert-alkyl or cyclic N) is 1. The fourth-order valence-electron chi connectivity index (χ4n) is 3.20. The molecule has 1 saturated heterocycles. The summed E-state index contributed by atoms with van der Waals surface area (Å²) in [5.74, 6) is 0.0190. The van der Waals surface area contributed by atoms with Gasteiger partial charge in [-0.25, -0.2) is 0 Å². The Hall–Kier alpha value is -1.43. The first-order valence-electron chi connectivity index (χ1n) is 8.30. The van der Waals surface area contributed by atoms with Crippen LogP contribution < -0.4 is 5.32 Å². The van der Waals surface area contributed by atoms with Crippen LogP contribution in [0.15, 0.2) is 30.3 Å². The Bertz CT molecular complexity index is 502. The molecular formula is C18H29N3O2. The number of carbonyl (C=O) groups excluding carboxylic acids is 1. The highest BCUT2D eigenvalue weighted by Gasteiger charge is 2.29. The minimum absolute atomic E-state index is 0.0190. The van der Waals surface area contributed by atoms with Crippen molar-refractivity contribution in [3.63, 3.8) is 0 Å². The minimum Gasteiger partial charge on any atom is -0.389 e. The van der Waals surface area contributed by atoms with E-state index in [-0.39, 0.29) is 11.9 Å². The molecule has 1 amide bonds. The van der Waals surface area contributed by atoms with E-state index in [0.717, 1.165) is 19.4 Å². The second-order valence-corrected chi connectivity index (χ2v) is 7.01. The van der Waals surface area contributed by atoms with Gasteiger partial charge >= 0.3 is 0 Å². The number of nitrogens with zero attached hydrogens (tertiary/aromatic N) is 2. The van der Waals surface area contributed by atoms with Crippen LogP contribution >= 0.6 is 0 Å². The predicted octanol–water partition coefficient (Wildman–Crippen LogP) is 1.25. The number of nitrogens with one attached hydrogen (secondary N) is 1. The molecule has 128 valence electrons. The fraction of sp³-hybridized carbons (Fsp3) is 0.611. The molecule has 0 saturated carbocycles. The van der Waals surface area contributed by atoms with Gasteiger partial charge in [0.05, 0.1) is 18.2 Å². The van der Waals surface area contributed by atoms with Crippen molar-refractivity contribution in [3.8, 4) is 0 Å². The van der Waals surface area contributed by atoms with Crippen LogP contribution in [0.3, 0.4) is 0 Å². The number of likely N-dealkylation sites (tertiary alicyclic amines) is 1. The molecule has 0 radical (unpaired) electrons. The number of aliphatic hydroxyl groups is 1. The molecule has 1 aliphatic heterocycles. The van der Waals surface area contributed by atoms with Crippen LogP contribution in [-0.4, -0.2) is 66.7 Å². The van der Waals surface area contributed by atoms with Gasteiger partial charge in [0.25, 0.3) is 0 Å². The second kappa shape index (κ2) is 7.90. The SMILES string of the molecule is CN(C)C(CNC(=O)CN1CCCC(C)(O)C1)c1ccccc1. The minimum atomic E-state index is -0.672. The number of hydrogen-bond donors (Lipinski definition) is 2. The molecule has 1 aromatic rings. The molecule has 1 fully saturated rings. The van der Waals surface area contributed by atoms with Crippen LogP contribution in [0.1, 0.15) is 31.4 Å². The van der Waals surface area contributed by atoms with E-state index in [0.29, 0.717) is 19.6 Å². The highest BCUT2D eigenvalue weighted by molar-refractivity contribution is 5.78. The summed E-state index contributed by atoms with van der Waals surface area (Å²) in [5.41, 5.74) is 0.521. The zero-order valence-electron chi connectivity index (χ0n) is 14.5. The van der Waals surface area contributed by atoms with Crippen LogP contribution in [-0.2, 0) is 4.79 Å². The molecule has 2 atom stereocenters. The number of carbonyl (C=O) groups is 1. The lowest BCUT2D eigenvalue weighted by Crippen LogP contribution is -2.49. The predicted molar refractivity (Wildman–Crippen MR) is 92.2 cm³/mol. The molecule has 2 unspecified atom stereocenters. The van der Waals surface area contributed by atoms with Gasteiger partial charge in [0.15, 0.2) is 0 Å². The molecule has 0 aliphatic carbocycles. The smallest absolute Gasteiger partial charge is 0.234 e. The van der Waals surface area contributed by atoms with Crippen LogP contribution in [0, 0.1) is 0 Å². The molecule has 5 heteroatoms. The highest BCUT2D eigenvalue weighted by atomic mass is 16.3. The van der Waals surface area contributed by atoms with Gasteiger partial charge in [0.2, 0.25) is 5.91 Å². The molecule has 2 N–H and O–H groups in total. The van der Waals surface area contributed by atoms with E-state index >= 15 is 0 Å². The Morgan fingerprint density at radius 1 is 1.39 bits per heavy atom. The number of benzene rings is 1. The normalized spacial score (nSPS) is 23.7. The summed E-state index contributed by atoms with van der Waals surface area (Å²) in [4.78, 5) is 16.4. The lowest BCUT2D eigenvalue weighted by Gasteiger charge is -2.36. The van der Waals surface area contributed by atoms with E-state index in [9.17, 15) is 9.90 Å². The van der Waals surface area contributed by atoms with Crippen molar-refractivity contribution < 1.29 is 9.90 Å². The zero-order chi connectivity index (χ0) is 16.9. The summed E-state index contributed by atoms with van der Waals surface area (Å²) in [7, 11) is 4.04. The summed E-state index contributed by atoms with van der Waals surface area (Å²) in [6, 6.07) is 10.4. The number of likely N-dealkylation sites (N-methyl/N-ethyl adjacent to an activating group) is 1. The molecule has 5 nitrogen and oxygen atoms in total. The van der Waals surface area contributed by atoms with Crippen molar-refractivity contribution in [2.45, 2.75) is 31.4 Å². The van der Waals surface area contributed by atoms with Crippen molar-refractivity contribution in [1.82, 2.24) is 15.1 Å². The van der Waals surface area contributed by atoms with Gasteiger partial charge in [-0.05, 0) is 46.0 Å². The Morgan fingerprint density at radius 3 is 2.70 bits per heavy atom. The van der Waals surface area contributed by atoms with Crippen LogP contribution in [0.2, 0.25) is 0 Å². The maximum absolute atomic E-state index is 12.2. The van der Waals surface area contributed by atoms with Gasteiger partial charge in [-0.2, -0.15) is 0 Å². The monoisotopic (exact) mass is 319 g/mol. The van der Waals surface area contributed by atoms with Gasteiger partial charge in [-0.3, -0.25) is 9.69 Å². The van der Waals surface area contributed by atoms with Crippen molar-refractivity contribution in [2.24, 2.45) is 0 Å². The molecule has 1 aromatic carbocycles. The van der Waals surface area contributed by atoms with Gasteiger partial charge in [-0.1, -0.05) is 30.3 Å². The summed E-state index contributed by atoms with van der Waals surface area (Å²) < 4.78 is 0. The number of piperidine rings is 1. The number of amides is 1. The number of hydrogen-bond acceptors (Lipinski definition) is 4. The lowest BCUT2D eigenvalue weighted by molar-refractivity contribution is -0.124. The molecule has 1 heterocycles. The summed E-state index contributed by atoms with van der Waals surface area (Å²) >= 11 is 0. The molecule has 0 spiro atoms. The van der Waals surface area contributed by atoms with Crippen LogP contribution in [0.25, 0.3) is 0 Å². The quantitative estimate of drug-likeness (QED) is 0.829. The van der Waals surface area contributed by atoms with E-state index in [1.165, 1.54) is 5.56 Å². The summed E-state index contributed by atoms with van der Waals surface area (Å²) in [6.45, 7) is 4.22. The lowest BCUT2D eigenvalue weighted by atomic mass is 9.95. The largest absolute Gasteiger partial charge is 0.389 e. The Morgan fingerprint density at radius 2 is 2.09 bits per heavy atom. The fourth-order valence-corrected chi connectivity index (χ4v) is 3.20. The summed E-state index contributed by atoms with van der Waals surface area (Å²) in [6.07, 6.45) is 1.74. The van der Waals surface area contributed by atoms with Crippen molar-refractivity contribution in [1.29, 1.82) is 0 Å².